The Bertz CT molecular complexity index is 249. The molecule has 2 fully saturated rings. The maximum absolute atomic E-state index is 5.70. The number of nitrogens with one attached hydrogen (secondary N) is 1. The van der Waals surface area contributed by atoms with Crippen molar-refractivity contribution in [3.63, 3.8) is 0 Å². The first-order chi connectivity index (χ1) is 8.67. The van der Waals surface area contributed by atoms with E-state index in [0.717, 1.165) is 38.0 Å². The van der Waals surface area contributed by atoms with Crippen molar-refractivity contribution in [3.05, 3.63) is 0 Å². The van der Waals surface area contributed by atoms with Gasteiger partial charge in [-0.15, -0.1) is 0 Å². The van der Waals surface area contributed by atoms with Crippen LogP contribution in [-0.4, -0.2) is 38.5 Å². The van der Waals surface area contributed by atoms with Crippen LogP contribution >= 0.6 is 0 Å². The van der Waals surface area contributed by atoms with Crippen molar-refractivity contribution in [2.24, 2.45) is 11.8 Å². The Kier molecular flexibility index (Phi) is 5.05. The maximum Gasteiger partial charge on any atom is 0.106 e. The van der Waals surface area contributed by atoms with Gasteiger partial charge < -0.3 is 14.8 Å². The molecule has 0 amide bonds. The molecule has 1 saturated heterocycles. The minimum absolute atomic E-state index is 0.0705. The van der Waals surface area contributed by atoms with E-state index in [0.29, 0.717) is 6.04 Å². The standard InChI is InChI=1S/C15H29NO2/c1-12(2)13-6-4-5-7-14(13)16-10-15(17-3)8-9-18-11-15/h12-14,16H,4-11H2,1-3H3. The van der Waals surface area contributed by atoms with Gasteiger partial charge in [0.1, 0.15) is 5.60 Å². The summed E-state index contributed by atoms with van der Waals surface area (Å²) in [5.41, 5.74) is -0.0705. The number of hydrogen-bond donors (Lipinski definition) is 1. The number of rotatable bonds is 5. The van der Waals surface area contributed by atoms with Crippen molar-refractivity contribution in [2.45, 2.75) is 57.6 Å². The van der Waals surface area contributed by atoms with Gasteiger partial charge in [-0.3, -0.25) is 0 Å². The first kappa shape index (κ1) is 14.3. The zero-order valence-corrected chi connectivity index (χ0v) is 12.2. The molecule has 0 aromatic heterocycles. The predicted octanol–water partition coefficient (Wildman–Crippen LogP) is 2.60. The van der Waals surface area contributed by atoms with Gasteiger partial charge in [-0.05, 0) is 24.7 Å². The summed E-state index contributed by atoms with van der Waals surface area (Å²) in [4.78, 5) is 0. The molecule has 1 heterocycles. The van der Waals surface area contributed by atoms with Crippen molar-refractivity contribution >= 4 is 0 Å². The molecule has 1 saturated carbocycles. The third-order valence-corrected chi connectivity index (χ3v) is 4.86. The predicted molar refractivity (Wildman–Crippen MR) is 73.8 cm³/mol. The lowest BCUT2D eigenvalue weighted by atomic mass is 9.77. The van der Waals surface area contributed by atoms with Gasteiger partial charge in [0, 0.05) is 32.7 Å². The van der Waals surface area contributed by atoms with E-state index in [4.69, 9.17) is 9.47 Å². The fourth-order valence-corrected chi connectivity index (χ4v) is 3.49. The highest BCUT2D eigenvalue weighted by Crippen LogP contribution is 2.31. The minimum Gasteiger partial charge on any atom is -0.378 e. The van der Waals surface area contributed by atoms with Crippen LogP contribution < -0.4 is 5.32 Å². The van der Waals surface area contributed by atoms with Crippen molar-refractivity contribution in [1.29, 1.82) is 0 Å². The van der Waals surface area contributed by atoms with Gasteiger partial charge in [0.05, 0.1) is 6.61 Å². The van der Waals surface area contributed by atoms with Gasteiger partial charge in [0.25, 0.3) is 0 Å². The molecule has 0 radical (unpaired) electrons. The molecule has 3 unspecified atom stereocenters. The second-order valence-corrected chi connectivity index (χ2v) is 6.37. The highest BCUT2D eigenvalue weighted by Gasteiger charge is 2.36. The van der Waals surface area contributed by atoms with Crippen LogP contribution in [0.25, 0.3) is 0 Å². The molecule has 3 atom stereocenters. The van der Waals surface area contributed by atoms with Crippen LogP contribution in [0.4, 0.5) is 0 Å². The molecule has 0 bridgehead atoms. The quantitative estimate of drug-likeness (QED) is 0.819. The molecule has 2 aliphatic rings. The SMILES string of the molecule is COC1(CNC2CCCCC2C(C)C)CCOC1. The molecule has 18 heavy (non-hydrogen) atoms. The molecule has 1 aliphatic carbocycles. The van der Waals surface area contributed by atoms with Crippen molar-refractivity contribution in [3.8, 4) is 0 Å². The number of hydrogen-bond acceptors (Lipinski definition) is 3. The summed E-state index contributed by atoms with van der Waals surface area (Å²) in [5.74, 6) is 1.61. The summed E-state index contributed by atoms with van der Waals surface area (Å²) in [6.07, 6.45) is 6.50. The summed E-state index contributed by atoms with van der Waals surface area (Å²) in [5, 5.41) is 3.78. The average molecular weight is 255 g/mol. The topological polar surface area (TPSA) is 30.5 Å². The van der Waals surface area contributed by atoms with Crippen molar-refractivity contribution < 1.29 is 9.47 Å². The molecular formula is C15H29NO2. The van der Waals surface area contributed by atoms with Gasteiger partial charge in [-0.2, -0.15) is 0 Å². The van der Waals surface area contributed by atoms with Crippen LogP contribution in [0.15, 0.2) is 0 Å². The van der Waals surface area contributed by atoms with Gasteiger partial charge >= 0.3 is 0 Å². The van der Waals surface area contributed by atoms with Crippen molar-refractivity contribution in [1.82, 2.24) is 5.32 Å². The summed E-state index contributed by atoms with van der Waals surface area (Å²) in [6.45, 7) is 7.24. The third-order valence-electron chi connectivity index (χ3n) is 4.86. The molecule has 1 N–H and O–H groups in total. The monoisotopic (exact) mass is 255 g/mol. The summed E-state index contributed by atoms with van der Waals surface area (Å²) in [6, 6.07) is 0.673. The molecule has 0 spiro atoms. The maximum atomic E-state index is 5.70. The Labute approximate surface area is 112 Å². The molecule has 0 aromatic carbocycles. The first-order valence-corrected chi connectivity index (χ1v) is 7.53. The van der Waals surface area contributed by atoms with Crippen LogP contribution in [0.1, 0.15) is 46.0 Å². The molecule has 0 aromatic rings. The second kappa shape index (κ2) is 6.36. The lowest BCUT2D eigenvalue weighted by Crippen LogP contribution is -2.50. The van der Waals surface area contributed by atoms with Crippen molar-refractivity contribution in [2.75, 3.05) is 26.9 Å². The lowest BCUT2D eigenvalue weighted by Gasteiger charge is -2.37. The summed E-state index contributed by atoms with van der Waals surface area (Å²) in [7, 11) is 1.82. The van der Waals surface area contributed by atoms with E-state index in [1.54, 1.807) is 0 Å². The number of ether oxygens (including phenoxy) is 2. The Morgan fingerprint density at radius 2 is 2.11 bits per heavy atom. The van der Waals surface area contributed by atoms with Gasteiger partial charge in [0.2, 0.25) is 0 Å². The van der Waals surface area contributed by atoms with Gasteiger partial charge in [-0.25, -0.2) is 0 Å². The van der Waals surface area contributed by atoms with E-state index in [9.17, 15) is 0 Å². The minimum atomic E-state index is -0.0705. The first-order valence-electron chi connectivity index (χ1n) is 7.53. The van der Waals surface area contributed by atoms with E-state index in [-0.39, 0.29) is 5.60 Å². The molecular weight excluding hydrogens is 226 g/mol. The fraction of sp³-hybridized carbons (Fsp3) is 1.00. The van der Waals surface area contributed by atoms with Crippen LogP contribution in [0.5, 0.6) is 0 Å². The lowest BCUT2D eigenvalue weighted by molar-refractivity contribution is -0.0204. The third kappa shape index (κ3) is 3.25. The van der Waals surface area contributed by atoms with Crippen LogP contribution in [0, 0.1) is 11.8 Å². The normalized spacial score (nSPS) is 37.3. The molecule has 3 nitrogen and oxygen atoms in total. The van der Waals surface area contributed by atoms with Crippen LogP contribution in [0.2, 0.25) is 0 Å². The zero-order chi connectivity index (χ0) is 13.0. The second-order valence-electron chi connectivity index (χ2n) is 6.37. The largest absolute Gasteiger partial charge is 0.378 e. The molecule has 106 valence electrons. The van der Waals surface area contributed by atoms with E-state index >= 15 is 0 Å². The Morgan fingerprint density at radius 3 is 2.72 bits per heavy atom. The highest BCUT2D eigenvalue weighted by molar-refractivity contribution is 4.91. The summed E-state index contributed by atoms with van der Waals surface area (Å²) < 4.78 is 11.2. The van der Waals surface area contributed by atoms with E-state index in [1.807, 2.05) is 7.11 Å². The molecule has 2 rings (SSSR count). The van der Waals surface area contributed by atoms with E-state index < -0.39 is 0 Å². The molecule has 1 aliphatic heterocycles. The average Bonchev–Trinajstić information content (AvgIpc) is 2.86. The van der Waals surface area contributed by atoms with Gasteiger partial charge in [0.15, 0.2) is 0 Å². The van der Waals surface area contributed by atoms with Crippen LogP contribution in [-0.2, 0) is 9.47 Å². The van der Waals surface area contributed by atoms with E-state index in [1.165, 1.54) is 25.7 Å². The van der Waals surface area contributed by atoms with Crippen LogP contribution in [0.3, 0.4) is 0 Å². The fourth-order valence-electron chi connectivity index (χ4n) is 3.49. The Morgan fingerprint density at radius 1 is 1.33 bits per heavy atom. The molecule has 3 heteroatoms. The Hall–Kier alpha value is -0.120. The number of methoxy groups -OCH3 is 1. The van der Waals surface area contributed by atoms with Gasteiger partial charge in [-0.1, -0.05) is 26.7 Å². The highest BCUT2D eigenvalue weighted by atomic mass is 16.5. The smallest absolute Gasteiger partial charge is 0.106 e. The zero-order valence-electron chi connectivity index (χ0n) is 12.2. The van der Waals surface area contributed by atoms with E-state index in [2.05, 4.69) is 19.2 Å². The summed E-state index contributed by atoms with van der Waals surface area (Å²) >= 11 is 0. The Balaban J connectivity index is 1.87.